The number of ether oxygens (including phenoxy) is 3. The van der Waals surface area contributed by atoms with Gasteiger partial charge in [0.1, 0.15) is 18.1 Å². The van der Waals surface area contributed by atoms with E-state index in [4.69, 9.17) is 19.2 Å². The van der Waals surface area contributed by atoms with Gasteiger partial charge in [-0.2, -0.15) is 0 Å². The molecule has 196 valence electrons. The van der Waals surface area contributed by atoms with Gasteiger partial charge < -0.3 is 39.3 Å². The molecule has 0 bridgehead atoms. The Morgan fingerprint density at radius 1 is 1.24 bits per heavy atom. The highest BCUT2D eigenvalue weighted by Crippen LogP contribution is 2.34. The standard InChI is InChI=1S/C27H28N6O5/c1-36-24-13-18(3-4-22(24)32-9-11-37-19(14-32)16-34)30-25-26-28-6-8-33(26)15-21(31-25)17-2-5-23-20(12-17)27(35)29-7-10-38-23/h2-6,8,12-13,15,19,34H,7,9-11,14,16H2,1H3,(H,29,35)(H,30,31)/t19-/m1/s1. The number of nitrogens with one attached hydrogen (secondary N) is 2. The van der Waals surface area contributed by atoms with Crippen molar-refractivity contribution in [3.8, 4) is 22.8 Å². The SMILES string of the molecule is COc1cc(Nc2nc(-c3ccc4c(c3)C(=O)NCCO4)cn3ccnc23)ccc1N1CCO[C@@H](CO)C1. The van der Waals surface area contributed by atoms with Crippen LogP contribution in [0.1, 0.15) is 10.4 Å². The Bertz CT molecular complexity index is 1490. The highest BCUT2D eigenvalue weighted by Gasteiger charge is 2.23. The average molecular weight is 517 g/mol. The van der Waals surface area contributed by atoms with Crippen molar-refractivity contribution in [3.63, 3.8) is 0 Å². The van der Waals surface area contributed by atoms with E-state index in [9.17, 15) is 9.90 Å². The lowest BCUT2D eigenvalue weighted by Crippen LogP contribution is -2.44. The van der Waals surface area contributed by atoms with Crippen molar-refractivity contribution >= 4 is 28.7 Å². The molecule has 11 heteroatoms. The van der Waals surface area contributed by atoms with Crippen molar-refractivity contribution in [2.75, 3.05) is 56.8 Å². The zero-order valence-corrected chi connectivity index (χ0v) is 20.9. The van der Waals surface area contributed by atoms with E-state index in [1.54, 1.807) is 25.4 Å². The number of aliphatic hydroxyl groups is 1. The third kappa shape index (κ3) is 4.57. The zero-order chi connectivity index (χ0) is 26.1. The Hall–Kier alpha value is -4.35. The quantitative estimate of drug-likeness (QED) is 0.355. The van der Waals surface area contributed by atoms with Gasteiger partial charge in [0.2, 0.25) is 0 Å². The van der Waals surface area contributed by atoms with Gasteiger partial charge in [0.25, 0.3) is 5.91 Å². The smallest absolute Gasteiger partial charge is 0.255 e. The number of amides is 1. The summed E-state index contributed by atoms with van der Waals surface area (Å²) >= 11 is 0. The molecule has 0 spiro atoms. The number of benzene rings is 2. The Labute approximate surface area is 219 Å². The number of hydrogen-bond acceptors (Lipinski definition) is 9. The molecular weight excluding hydrogens is 488 g/mol. The molecule has 2 aromatic carbocycles. The van der Waals surface area contributed by atoms with Crippen LogP contribution in [-0.4, -0.2) is 78.1 Å². The van der Waals surface area contributed by atoms with Crippen LogP contribution < -0.4 is 25.0 Å². The molecule has 3 N–H and O–H groups in total. The first-order chi connectivity index (χ1) is 18.6. The zero-order valence-electron chi connectivity index (χ0n) is 20.9. The van der Waals surface area contributed by atoms with E-state index >= 15 is 0 Å². The van der Waals surface area contributed by atoms with Gasteiger partial charge in [0, 0.05) is 49.0 Å². The maximum Gasteiger partial charge on any atom is 0.255 e. The predicted octanol–water partition coefficient (Wildman–Crippen LogP) is 2.47. The molecule has 1 fully saturated rings. The lowest BCUT2D eigenvalue weighted by Gasteiger charge is -2.34. The number of fused-ring (bicyclic) bond motifs is 2. The number of carbonyl (C=O) groups is 1. The highest BCUT2D eigenvalue weighted by molar-refractivity contribution is 5.98. The molecule has 0 unspecified atom stereocenters. The van der Waals surface area contributed by atoms with Gasteiger partial charge in [-0.15, -0.1) is 0 Å². The van der Waals surface area contributed by atoms with E-state index in [-0.39, 0.29) is 18.6 Å². The third-order valence-corrected chi connectivity index (χ3v) is 6.66. The molecule has 2 aliphatic heterocycles. The van der Waals surface area contributed by atoms with Crippen molar-refractivity contribution in [2.45, 2.75) is 6.10 Å². The number of carbonyl (C=O) groups excluding carboxylic acids is 1. The van der Waals surface area contributed by atoms with Crippen LogP contribution in [-0.2, 0) is 4.74 Å². The van der Waals surface area contributed by atoms with Crippen molar-refractivity contribution in [2.24, 2.45) is 0 Å². The fourth-order valence-corrected chi connectivity index (χ4v) is 4.77. The summed E-state index contributed by atoms with van der Waals surface area (Å²) in [5.74, 6) is 1.65. The van der Waals surface area contributed by atoms with Crippen LogP contribution >= 0.6 is 0 Å². The number of aromatic nitrogens is 3. The van der Waals surface area contributed by atoms with Crippen LogP contribution in [0, 0.1) is 0 Å². The van der Waals surface area contributed by atoms with Crippen molar-refractivity contribution in [1.29, 1.82) is 0 Å². The van der Waals surface area contributed by atoms with Crippen LogP contribution in [0.3, 0.4) is 0 Å². The van der Waals surface area contributed by atoms with E-state index in [2.05, 4.69) is 20.5 Å². The van der Waals surface area contributed by atoms with Crippen molar-refractivity contribution < 1.29 is 24.1 Å². The van der Waals surface area contributed by atoms with Gasteiger partial charge in [-0.1, -0.05) is 0 Å². The summed E-state index contributed by atoms with van der Waals surface area (Å²) in [7, 11) is 1.64. The number of anilines is 3. The van der Waals surface area contributed by atoms with Gasteiger partial charge in [0.15, 0.2) is 11.5 Å². The second-order valence-electron chi connectivity index (χ2n) is 9.08. The number of rotatable bonds is 6. The van der Waals surface area contributed by atoms with Gasteiger partial charge in [0.05, 0.1) is 49.9 Å². The number of nitrogens with zero attached hydrogens (tertiary/aromatic N) is 4. The Kier molecular flexibility index (Phi) is 6.44. The minimum atomic E-state index is -0.225. The van der Waals surface area contributed by atoms with Crippen molar-refractivity contribution in [1.82, 2.24) is 19.7 Å². The summed E-state index contributed by atoms with van der Waals surface area (Å²) in [5, 5.41) is 15.7. The molecule has 11 nitrogen and oxygen atoms in total. The maximum atomic E-state index is 12.5. The van der Waals surface area contributed by atoms with E-state index in [0.29, 0.717) is 67.1 Å². The molecule has 0 radical (unpaired) electrons. The molecular formula is C27H28N6O5. The minimum absolute atomic E-state index is 0.0251. The average Bonchev–Trinajstić information content (AvgIpc) is 3.36. The number of methoxy groups -OCH3 is 1. The largest absolute Gasteiger partial charge is 0.495 e. The lowest BCUT2D eigenvalue weighted by molar-refractivity contribution is 0.00347. The van der Waals surface area contributed by atoms with E-state index < -0.39 is 0 Å². The van der Waals surface area contributed by atoms with Crippen LogP contribution in [0.25, 0.3) is 16.9 Å². The molecule has 0 saturated carbocycles. The second kappa shape index (κ2) is 10.2. The maximum absolute atomic E-state index is 12.5. The van der Waals surface area contributed by atoms with Crippen molar-refractivity contribution in [3.05, 3.63) is 60.6 Å². The van der Waals surface area contributed by atoms with Crippen LogP contribution in [0.4, 0.5) is 17.2 Å². The minimum Gasteiger partial charge on any atom is -0.495 e. The summed E-state index contributed by atoms with van der Waals surface area (Å²) in [4.78, 5) is 24.0. The van der Waals surface area contributed by atoms with E-state index in [1.807, 2.05) is 41.1 Å². The Morgan fingerprint density at radius 2 is 2.16 bits per heavy atom. The first kappa shape index (κ1) is 24.0. The fourth-order valence-electron chi connectivity index (χ4n) is 4.77. The molecule has 1 saturated heterocycles. The molecule has 0 aliphatic carbocycles. The van der Waals surface area contributed by atoms with E-state index in [0.717, 1.165) is 16.9 Å². The van der Waals surface area contributed by atoms with Gasteiger partial charge >= 0.3 is 0 Å². The monoisotopic (exact) mass is 516 g/mol. The topological polar surface area (TPSA) is 122 Å². The number of aliphatic hydroxyl groups excluding tert-OH is 1. The summed E-state index contributed by atoms with van der Waals surface area (Å²) in [5.41, 5.74) is 4.30. The molecule has 1 atom stereocenters. The molecule has 2 aromatic heterocycles. The summed E-state index contributed by atoms with van der Waals surface area (Å²) in [6.07, 6.45) is 5.22. The van der Waals surface area contributed by atoms with E-state index in [1.165, 1.54) is 0 Å². The second-order valence-corrected chi connectivity index (χ2v) is 9.08. The van der Waals surface area contributed by atoms with Crippen LogP contribution in [0.5, 0.6) is 11.5 Å². The summed E-state index contributed by atoms with van der Waals surface area (Å²) in [6.45, 7) is 2.71. The fraction of sp³-hybridized carbons (Fsp3) is 0.296. The van der Waals surface area contributed by atoms with Gasteiger partial charge in [-0.05, 0) is 30.3 Å². The lowest BCUT2D eigenvalue weighted by atomic mass is 10.1. The first-order valence-corrected chi connectivity index (χ1v) is 12.4. The van der Waals surface area contributed by atoms with Gasteiger partial charge in [-0.25, -0.2) is 9.97 Å². The molecule has 2 aliphatic rings. The number of morpholine rings is 1. The number of imidazole rings is 1. The third-order valence-electron chi connectivity index (χ3n) is 6.66. The molecule has 6 rings (SSSR count). The molecule has 1 amide bonds. The Morgan fingerprint density at radius 3 is 3.03 bits per heavy atom. The molecule has 38 heavy (non-hydrogen) atoms. The Balaban J connectivity index is 1.33. The van der Waals surface area contributed by atoms with Gasteiger partial charge in [-0.3, -0.25) is 4.79 Å². The number of hydrogen-bond donors (Lipinski definition) is 3. The van der Waals surface area contributed by atoms with Crippen LogP contribution in [0.2, 0.25) is 0 Å². The first-order valence-electron chi connectivity index (χ1n) is 12.4. The normalized spacial score (nSPS) is 17.4. The molecule has 4 aromatic rings. The highest BCUT2D eigenvalue weighted by atomic mass is 16.5. The van der Waals surface area contributed by atoms with Crippen LogP contribution in [0.15, 0.2) is 55.0 Å². The predicted molar refractivity (Wildman–Crippen MR) is 142 cm³/mol. The summed E-state index contributed by atoms with van der Waals surface area (Å²) in [6, 6.07) is 11.4. The molecule has 4 heterocycles. The summed E-state index contributed by atoms with van der Waals surface area (Å²) < 4.78 is 18.9.